The zero-order chi connectivity index (χ0) is 20.7. The van der Waals surface area contributed by atoms with Gasteiger partial charge in [-0.2, -0.15) is 57.1 Å². The molecule has 0 rings (SSSR count). The summed E-state index contributed by atoms with van der Waals surface area (Å²) < 4.78 is 168. The van der Waals surface area contributed by atoms with Gasteiger partial charge in [0.15, 0.2) is 5.05 Å². The third-order valence-electron chi connectivity index (χ3n) is 2.60. The minimum absolute atomic E-state index is 0.154. The Kier molecular flexibility index (Phi) is 6.34. The van der Waals surface area contributed by atoms with Crippen LogP contribution in [0.3, 0.4) is 0 Å². The van der Waals surface area contributed by atoms with E-state index in [1.165, 1.54) is 6.92 Å². The molecule has 0 heterocycles. The molecule has 25 heavy (non-hydrogen) atoms. The largest absolute Gasteiger partial charge is 0.471 e. The molecule has 1 nitrogen and oxygen atoms in total. The highest BCUT2D eigenvalue weighted by molar-refractivity contribution is 7.80. The summed E-state index contributed by atoms with van der Waals surface area (Å²) >= 11 is 3.92. The summed E-state index contributed by atoms with van der Waals surface area (Å²) in [7, 11) is 0. The quantitative estimate of drug-likeness (QED) is 0.378. The van der Waals surface area contributed by atoms with Gasteiger partial charge in [-0.15, -0.1) is 0 Å². The SMILES string of the molecule is CCCC(=S)OC(F)(F)C(F)(F)C(F)(F)C(F)(F)C(F)(F)C(F)(F)F. The first-order valence-corrected chi connectivity index (χ1v) is 6.29. The summed E-state index contributed by atoms with van der Waals surface area (Å²) in [5.74, 6) is -31.0. The standard InChI is InChI=1S/C10H7F13OS/c1-2-3-4(25)24-10(22,23)8(17,18)6(13,14)5(11,12)7(15,16)9(19,20)21/h2-3H2,1H3. The van der Waals surface area contributed by atoms with Crippen LogP contribution in [-0.4, -0.2) is 41.0 Å². The fourth-order valence-electron chi connectivity index (χ4n) is 1.22. The van der Waals surface area contributed by atoms with Gasteiger partial charge in [0.05, 0.1) is 0 Å². The van der Waals surface area contributed by atoms with Crippen LogP contribution in [0, 0.1) is 0 Å². The number of alkyl halides is 13. The van der Waals surface area contributed by atoms with Crippen molar-refractivity contribution in [3.05, 3.63) is 0 Å². The Morgan fingerprint density at radius 2 is 1.04 bits per heavy atom. The first-order valence-electron chi connectivity index (χ1n) is 5.88. The molecule has 0 radical (unpaired) electrons. The zero-order valence-corrected chi connectivity index (χ0v) is 12.5. The first kappa shape index (κ1) is 24.0. The Hall–Kier alpha value is -1.02. The third-order valence-corrected chi connectivity index (χ3v) is 2.89. The summed E-state index contributed by atoms with van der Waals surface area (Å²) in [5.41, 5.74) is 0. The highest BCUT2D eigenvalue weighted by atomic mass is 32.1. The lowest BCUT2D eigenvalue weighted by Gasteiger charge is -2.39. The van der Waals surface area contributed by atoms with Gasteiger partial charge in [0, 0.05) is 6.42 Å². The Morgan fingerprint density at radius 3 is 1.36 bits per heavy atom. The predicted molar refractivity (Wildman–Crippen MR) is 59.4 cm³/mol. The van der Waals surface area contributed by atoms with Crippen molar-refractivity contribution >= 4 is 17.3 Å². The highest BCUT2D eigenvalue weighted by Gasteiger charge is 2.91. The van der Waals surface area contributed by atoms with Crippen LogP contribution in [0.25, 0.3) is 0 Å². The van der Waals surface area contributed by atoms with Gasteiger partial charge in [-0.1, -0.05) is 6.92 Å². The van der Waals surface area contributed by atoms with E-state index in [-0.39, 0.29) is 6.42 Å². The molecule has 0 spiro atoms. The molecule has 0 amide bonds. The lowest BCUT2D eigenvalue weighted by atomic mass is 9.97. The van der Waals surface area contributed by atoms with Gasteiger partial charge in [-0.25, -0.2) is 0 Å². The zero-order valence-electron chi connectivity index (χ0n) is 11.6. The van der Waals surface area contributed by atoms with Crippen molar-refractivity contribution in [1.29, 1.82) is 0 Å². The van der Waals surface area contributed by atoms with Gasteiger partial charge in [0.25, 0.3) is 0 Å². The van der Waals surface area contributed by atoms with Crippen LogP contribution in [0.5, 0.6) is 0 Å². The molecule has 0 fully saturated rings. The smallest absolute Gasteiger partial charge is 0.421 e. The van der Waals surface area contributed by atoms with Crippen LogP contribution < -0.4 is 0 Å². The molecule has 0 aromatic carbocycles. The van der Waals surface area contributed by atoms with E-state index in [0.717, 1.165) is 0 Å². The van der Waals surface area contributed by atoms with Gasteiger partial charge in [-0.3, -0.25) is 0 Å². The van der Waals surface area contributed by atoms with E-state index in [1.807, 2.05) is 0 Å². The molecule has 15 heteroatoms. The summed E-state index contributed by atoms with van der Waals surface area (Å²) in [6.07, 6.45) is -14.9. The number of thiocarbonyl (C=S) groups is 1. The van der Waals surface area contributed by atoms with Crippen LogP contribution in [0.1, 0.15) is 19.8 Å². The van der Waals surface area contributed by atoms with Gasteiger partial charge in [0.1, 0.15) is 0 Å². The number of halogens is 13. The van der Waals surface area contributed by atoms with E-state index < -0.39 is 47.4 Å². The number of rotatable bonds is 7. The van der Waals surface area contributed by atoms with Crippen LogP contribution in [0.15, 0.2) is 0 Å². The van der Waals surface area contributed by atoms with E-state index in [9.17, 15) is 57.1 Å². The normalized spacial score (nSPS) is 15.3. The third kappa shape index (κ3) is 3.74. The van der Waals surface area contributed by atoms with Crippen molar-refractivity contribution in [3.8, 4) is 0 Å². The summed E-state index contributed by atoms with van der Waals surface area (Å²) in [6, 6.07) is 0. The van der Waals surface area contributed by atoms with Crippen molar-refractivity contribution in [2.75, 3.05) is 0 Å². The summed E-state index contributed by atoms with van der Waals surface area (Å²) in [6.45, 7) is 1.22. The van der Waals surface area contributed by atoms with Crippen molar-refractivity contribution < 1.29 is 61.8 Å². The topological polar surface area (TPSA) is 9.23 Å². The van der Waals surface area contributed by atoms with Crippen molar-refractivity contribution in [1.82, 2.24) is 0 Å². The molecule has 0 bridgehead atoms. The average molecular weight is 422 g/mol. The predicted octanol–water partition coefficient (Wildman–Crippen LogP) is 5.83. The fraction of sp³-hybridized carbons (Fsp3) is 0.900. The van der Waals surface area contributed by atoms with Gasteiger partial charge < -0.3 is 4.74 Å². The monoisotopic (exact) mass is 422 g/mol. The molecule has 0 aliphatic heterocycles. The van der Waals surface area contributed by atoms with E-state index >= 15 is 0 Å². The molecule has 0 aliphatic rings. The van der Waals surface area contributed by atoms with E-state index in [0.29, 0.717) is 0 Å². The van der Waals surface area contributed by atoms with Crippen molar-refractivity contribution in [3.63, 3.8) is 0 Å². The Labute approximate surface area is 136 Å². The molecular formula is C10H7F13OS. The van der Waals surface area contributed by atoms with Gasteiger partial charge in [-0.05, 0) is 18.6 Å². The van der Waals surface area contributed by atoms with Crippen molar-refractivity contribution in [2.45, 2.75) is 55.7 Å². The molecule has 0 N–H and O–H groups in total. The maximum Gasteiger partial charge on any atom is 0.471 e. The summed E-state index contributed by atoms with van der Waals surface area (Å²) in [5, 5.41) is -1.48. The number of ether oxygens (including phenoxy) is 1. The van der Waals surface area contributed by atoms with Crippen LogP contribution in [0.4, 0.5) is 57.1 Å². The molecule has 0 aromatic rings. The Balaban J connectivity index is 6.07. The Morgan fingerprint density at radius 1 is 0.680 bits per heavy atom. The van der Waals surface area contributed by atoms with Crippen LogP contribution >= 0.6 is 12.2 Å². The molecule has 0 aromatic heterocycles. The second kappa shape index (κ2) is 6.61. The molecule has 0 atom stereocenters. The van der Waals surface area contributed by atoms with E-state index in [4.69, 9.17) is 0 Å². The lowest BCUT2D eigenvalue weighted by Crippen LogP contribution is -2.70. The summed E-state index contributed by atoms with van der Waals surface area (Å²) in [4.78, 5) is 0. The van der Waals surface area contributed by atoms with E-state index in [2.05, 4.69) is 17.0 Å². The maximum atomic E-state index is 13.1. The molecular weight excluding hydrogens is 415 g/mol. The minimum atomic E-state index is -7.94. The maximum absolute atomic E-state index is 13.1. The van der Waals surface area contributed by atoms with Gasteiger partial charge >= 0.3 is 36.0 Å². The molecule has 0 saturated carbocycles. The first-order chi connectivity index (χ1) is 10.7. The second-order valence-corrected chi connectivity index (χ2v) is 4.99. The van der Waals surface area contributed by atoms with Gasteiger partial charge in [0.2, 0.25) is 0 Å². The minimum Gasteiger partial charge on any atom is -0.421 e. The molecule has 0 saturated heterocycles. The average Bonchev–Trinajstić information content (AvgIpc) is 2.35. The van der Waals surface area contributed by atoms with Crippen LogP contribution in [0.2, 0.25) is 0 Å². The Bertz CT molecular complexity index is 496. The lowest BCUT2D eigenvalue weighted by molar-refractivity contribution is -0.458. The van der Waals surface area contributed by atoms with Crippen molar-refractivity contribution in [2.24, 2.45) is 0 Å². The van der Waals surface area contributed by atoms with Crippen LogP contribution in [-0.2, 0) is 4.74 Å². The molecule has 0 aliphatic carbocycles. The number of hydrogen-bond acceptors (Lipinski definition) is 2. The fourth-order valence-corrected chi connectivity index (χ4v) is 1.53. The molecule has 150 valence electrons. The second-order valence-electron chi connectivity index (χ2n) is 4.54. The molecule has 0 unspecified atom stereocenters. The highest BCUT2D eigenvalue weighted by Crippen LogP contribution is 2.60. The van der Waals surface area contributed by atoms with E-state index in [1.54, 1.807) is 0 Å². The number of hydrogen-bond donors (Lipinski definition) is 0.